The summed E-state index contributed by atoms with van der Waals surface area (Å²) in [5.74, 6) is -1.55. The van der Waals surface area contributed by atoms with Crippen LogP contribution < -0.4 is 10.6 Å². The first-order valence-electron chi connectivity index (χ1n) is 7.80. The highest BCUT2D eigenvalue weighted by Gasteiger charge is 2.21. The number of aryl methyl sites for hydroxylation is 1. The zero-order valence-corrected chi connectivity index (χ0v) is 13.4. The topological polar surface area (TPSA) is 95.5 Å². The number of anilines is 1. The average Bonchev–Trinajstić information content (AvgIpc) is 2.49. The summed E-state index contributed by atoms with van der Waals surface area (Å²) in [6.07, 6.45) is 1.53. The average molecular weight is 318 g/mol. The Labute approximate surface area is 135 Å². The van der Waals surface area contributed by atoms with Gasteiger partial charge in [0.25, 0.3) is 5.91 Å². The van der Waals surface area contributed by atoms with Crippen LogP contribution in [0.1, 0.15) is 42.6 Å². The Hall–Kier alpha value is -2.37. The SMILES string of the molecule is CC(C)CC(CNC(=O)c1ccc2c(c1)CCC(=O)N2)C(=O)O. The molecule has 1 aliphatic heterocycles. The molecule has 6 nitrogen and oxygen atoms in total. The molecule has 0 saturated heterocycles. The van der Waals surface area contributed by atoms with Gasteiger partial charge in [-0.3, -0.25) is 14.4 Å². The molecule has 1 heterocycles. The lowest BCUT2D eigenvalue weighted by Gasteiger charge is -2.18. The highest BCUT2D eigenvalue weighted by atomic mass is 16.4. The largest absolute Gasteiger partial charge is 0.481 e. The Morgan fingerprint density at radius 3 is 2.70 bits per heavy atom. The third-order valence-electron chi connectivity index (χ3n) is 3.88. The highest BCUT2D eigenvalue weighted by Crippen LogP contribution is 2.23. The molecule has 0 radical (unpaired) electrons. The first-order chi connectivity index (χ1) is 10.9. The number of benzene rings is 1. The number of carbonyl (C=O) groups is 3. The van der Waals surface area contributed by atoms with E-state index >= 15 is 0 Å². The molecule has 1 aromatic rings. The number of nitrogens with one attached hydrogen (secondary N) is 2. The van der Waals surface area contributed by atoms with Gasteiger partial charge in [-0.2, -0.15) is 0 Å². The molecule has 1 atom stereocenters. The van der Waals surface area contributed by atoms with Crippen LogP contribution in [0, 0.1) is 11.8 Å². The molecule has 1 unspecified atom stereocenters. The summed E-state index contributed by atoms with van der Waals surface area (Å²) in [6, 6.07) is 5.10. The van der Waals surface area contributed by atoms with Crippen LogP contribution in [0.2, 0.25) is 0 Å². The normalized spacial score (nSPS) is 14.8. The molecule has 0 spiro atoms. The van der Waals surface area contributed by atoms with Gasteiger partial charge in [0.15, 0.2) is 0 Å². The van der Waals surface area contributed by atoms with Gasteiger partial charge in [-0.05, 0) is 42.5 Å². The van der Waals surface area contributed by atoms with Gasteiger partial charge in [-0.15, -0.1) is 0 Å². The van der Waals surface area contributed by atoms with E-state index in [1.807, 2.05) is 13.8 Å². The Morgan fingerprint density at radius 1 is 1.30 bits per heavy atom. The summed E-state index contributed by atoms with van der Waals surface area (Å²) in [7, 11) is 0. The molecule has 1 aliphatic rings. The number of hydrogen-bond donors (Lipinski definition) is 3. The zero-order valence-electron chi connectivity index (χ0n) is 13.4. The van der Waals surface area contributed by atoms with Gasteiger partial charge >= 0.3 is 5.97 Å². The maximum absolute atomic E-state index is 12.2. The molecule has 0 aliphatic carbocycles. The van der Waals surface area contributed by atoms with Gasteiger partial charge < -0.3 is 15.7 Å². The quantitative estimate of drug-likeness (QED) is 0.748. The van der Waals surface area contributed by atoms with Crippen molar-refractivity contribution in [1.82, 2.24) is 5.32 Å². The Bertz CT molecular complexity index is 625. The molecule has 3 N–H and O–H groups in total. The second-order valence-electron chi connectivity index (χ2n) is 6.29. The second-order valence-corrected chi connectivity index (χ2v) is 6.29. The monoisotopic (exact) mass is 318 g/mol. The maximum Gasteiger partial charge on any atom is 0.308 e. The number of amides is 2. The fraction of sp³-hybridized carbons (Fsp3) is 0.471. The van der Waals surface area contributed by atoms with Crippen molar-refractivity contribution in [1.29, 1.82) is 0 Å². The molecule has 0 fully saturated rings. The molecule has 124 valence electrons. The van der Waals surface area contributed by atoms with Crippen LogP contribution in [0.15, 0.2) is 18.2 Å². The number of carboxylic acid groups (broad SMARTS) is 1. The maximum atomic E-state index is 12.2. The first kappa shape index (κ1) is 17.0. The van der Waals surface area contributed by atoms with Crippen molar-refractivity contribution in [2.45, 2.75) is 33.1 Å². The molecule has 0 aromatic heterocycles. The lowest BCUT2D eigenvalue weighted by molar-refractivity contribution is -0.142. The molecular formula is C17H22N2O4. The molecule has 0 saturated carbocycles. The van der Waals surface area contributed by atoms with Gasteiger partial charge in [0.2, 0.25) is 5.91 Å². The van der Waals surface area contributed by atoms with Crippen molar-refractivity contribution in [3.8, 4) is 0 Å². The Kier molecular flexibility index (Phi) is 5.36. The Balaban J connectivity index is 2.00. The lowest BCUT2D eigenvalue weighted by atomic mass is 9.97. The first-order valence-corrected chi connectivity index (χ1v) is 7.80. The fourth-order valence-corrected chi connectivity index (χ4v) is 2.68. The predicted octanol–water partition coefficient (Wildman–Crippen LogP) is 2.05. The van der Waals surface area contributed by atoms with E-state index in [2.05, 4.69) is 10.6 Å². The standard InChI is InChI=1S/C17H22N2O4/c1-10(2)7-13(17(22)23)9-18-16(21)12-3-5-14-11(8-12)4-6-15(20)19-14/h3,5,8,10,13H,4,6-7,9H2,1-2H3,(H,18,21)(H,19,20)(H,22,23). The van der Waals surface area contributed by atoms with Gasteiger partial charge in [0, 0.05) is 24.2 Å². The zero-order chi connectivity index (χ0) is 17.0. The molecule has 2 amide bonds. The van der Waals surface area contributed by atoms with Gasteiger partial charge in [-0.1, -0.05) is 13.8 Å². The van der Waals surface area contributed by atoms with Crippen LogP contribution in [0.25, 0.3) is 0 Å². The van der Waals surface area contributed by atoms with Crippen LogP contribution in [-0.2, 0) is 16.0 Å². The van der Waals surface area contributed by atoms with Gasteiger partial charge in [-0.25, -0.2) is 0 Å². The van der Waals surface area contributed by atoms with Crippen molar-refractivity contribution < 1.29 is 19.5 Å². The third kappa shape index (κ3) is 4.55. The summed E-state index contributed by atoms with van der Waals surface area (Å²) in [6.45, 7) is 4.02. The summed E-state index contributed by atoms with van der Waals surface area (Å²) in [5, 5.41) is 14.7. The predicted molar refractivity (Wildman–Crippen MR) is 86.3 cm³/mol. The number of rotatable bonds is 6. The molecule has 1 aromatic carbocycles. The second kappa shape index (κ2) is 7.26. The summed E-state index contributed by atoms with van der Waals surface area (Å²) >= 11 is 0. The molecule has 6 heteroatoms. The fourth-order valence-electron chi connectivity index (χ4n) is 2.68. The minimum Gasteiger partial charge on any atom is -0.481 e. The number of carbonyl (C=O) groups excluding carboxylic acids is 2. The lowest BCUT2D eigenvalue weighted by Crippen LogP contribution is -2.33. The van der Waals surface area contributed by atoms with Gasteiger partial charge in [0.05, 0.1) is 5.92 Å². The Morgan fingerprint density at radius 2 is 2.04 bits per heavy atom. The van der Waals surface area contributed by atoms with Crippen LogP contribution in [0.3, 0.4) is 0 Å². The van der Waals surface area contributed by atoms with Crippen molar-refractivity contribution in [2.24, 2.45) is 11.8 Å². The van der Waals surface area contributed by atoms with Gasteiger partial charge in [0.1, 0.15) is 0 Å². The minimum atomic E-state index is -0.896. The van der Waals surface area contributed by atoms with E-state index in [4.69, 9.17) is 0 Å². The summed E-state index contributed by atoms with van der Waals surface area (Å²) in [5.41, 5.74) is 2.14. The van der Waals surface area contributed by atoms with E-state index in [-0.39, 0.29) is 24.3 Å². The van der Waals surface area contributed by atoms with E-state index in [9.17, 15) is 19.5 Å². The highest BCUT2D eigenvalue weighted by molar-refractivity contribution is 5.98. The molecular weight excluding hydrogens is 296 g/mol. The number of hydrogen-bond acceptors (Lipinski definition) is 3. The van der Waals surface area contributed by atoms with E-state index in [1.165, 1.54) is 0 Å². The molecule has 2 rings (SSSR count). The van der Waals surface area contributed by atoms with Crippen LogP contribution in [0.5, 0.6) is 0 Å². The number of aliphatic carboxylic acids is 1. The summed E-state index contributed by atoms with van der Waals surface area (Å²) in [4.78, 5) is 34.8. The van der Waals surface area contributed by atoms with E-state index in [1.54, 1.807) is 18.2 Å². The minimum absolute atomic E-state index is 0.0207. The van der Waals surface area contributed by atoms with Crippen molar-refractivity contribution in [2.75, 3.05) is 11.9 Å². The van der Waals surface area contributed by atoms with Crippen molar-refractivity contribution in [3.63, 3.8) is 0 Å². The number of carboxylic acids is 1. The van der Waals surface area contributed by atoms with E-state index in [0.717, 1.165) is 11.3 Å². The van der Waals surface area contributed by atoms with E-state index < -0.39 is 11.9 Å². The van der Waals surface area contributed by atoms with E-state index in [0.29, 0.717) is 24.8 Å². The van der Waals surface area contributed by atoms with Crippen molar-refractivity contribution in [3.05, 3.63) is 29.3 Å². The van der Waals surface area contributed by atoms with Crippen LogP contribution >= 0.6 is 0 Å². The molecule has 0 bridgehead atoms. The summed E-state index contributed by atoms with van der Waals surface area (Å²) < 4.78 is 0. The smallest absolute Gasteiger partial charge is 0.308 e. The third-order valence-corrected chi connectivity index (χ3v) is 3.88. The van der Waals surface area contributed by atoms with Crippen LogP contribution in [0.4, 0.5) is 5.69 Å². The van der Waals surface area contributed by atoms with Crippen LogP contribution in [-0.4, -0.2) is 29.4 Å². The number of fused-ring (bicyclic) bond motifs is 1. The van der Waals surface area contributed by atoms with Crippen molar-refractivity contribution >= 4 is 23.5 Å². The molecule has 23 heavy (non-hydrogen) atoms.